The number of likely N-dealkylation sites (tertiary alicyclic amines) is 1. The molecule has 0 bridgehead atoms. The number of nitrogens with zero attached hydrogens (tertiary/aromatic N) is 3. The van der Waals surface area contributed by atoms with Crippen molar-refractivity contribution >= 4 is 5.71 Å². The molecule has 1 fully saturated rings. The summed E-state index contributed by atoms with van der Waals surface area (Å²) in [6, 6.07) is 17.8. The van der Waals surface area contributed by atoms with Crippen molar-refractivity contribution in [3.8, 4) is 5.75 Å². The lowest BCUT2D eigenvalue weighted by Gasteiger charge is -2.50. The van der Waals surface area contributed by atoms with E-state index in [9.17, 15) is 0 Å². The zero-order valence-electron chi connectivity index (χ0n) is 17.1. The number of fused-ring (bicyclic) bond motifs is 4. The monoisotopic (exact) mass is 375 g/mol. The minimum absolute atomic E-state index is 0.271. The van der Waals surface area contributed by atoms with E-state index >= 15 is 0 Å². The van der Waals surface area contributed by atoms with Crippen LogP contribution in [0.1, 0.15) is 61.8 Å². The molecule has 3 heterocycles. The first-order valence-electron chi connectivity index (χ1n) is 10.5. The van der Waals surface area contributed by atoms with Crippen LogP contribution >= 0.6 is 0 Å². The fourth-order valence-corrected chi connectivity index (χ4v) is 4.76. The van der Waals surface area contributed by atoms with Crippen molar-refractivity contribution in [2.75, 3.05) is 20.1 Å². The third-order valence-corrected chi connectivity index (χ3v) is 6.58. The second-order valence-corrected chi connectivity index (χ2v) is 8.78. The molecule has 146 valence electrons. The number of benzene rings is 2. The Balaban J connectivity index is 1.53. The molecule has 1 spiro atoms. The summed E-state index contributed by atoms with van der Waals surface area (Å²) in [5.41, 5.74) is 4.74. The van der Waals surface area contributed by atoms with Crippen molar-refractivity contribution in [2.45, 2.75) is 50.8 Å². The Morgan fingerprint density at radius 2 is 1.75 bits per heavy atom. The number of piperidine rings is 1. The first-order valence-corrected chi connectivity index (χ1v) is 10.5. The van der Waals surface area contributed by atoms with Gasteiger partial charge in [-0.3, -0.25) is 0 Å². The molecule has 1 atom stereocenters. The van der Waals surface area contributed by atoms with Gasteiger partial charge in [-0.25, -0.2) is 5.01 Å². The van der Waals surface area contributed by atoms with E-state index in [2.05, 4.69) is 79.3 Å². The lowest BCUT2D eigenvalue weighted by molar-refractivity contribution is -0.147. The Hall–Kier alpha value is -2.33. The second kappa shape index (κ2) is 6.63. The molecule has 3 aliphatic heterocycles. The van der Waals surface area contributed by atoms with Gasteiger partial charge in [0.15, 0.2) is 0 Å². The van der Waals surface area contributed by atoms with Crippen LogP contribution < -0.4 is 4.74 Å². The zero-order chi connectivity index (χ0) is 19.3. The van der Waals surface area contributed by atoms with Crippen molar-refractivity contribution in [3.63, 3.8) is 0 Å². The molecule has 0 amide bonds. The zero-order valence-corrected chi connectivity index (χ0v) is 17.1. The fourth-order valence-electron chi connectivity index (χ4n) is 4.76. The van der Waals surface area contributed by atoms with Crippen LogP contribution in [0.5, 0.6) is 5.75 Å². The van der Waals surface area contributed by atoms with Gasteiger partial charge in [-0.05, 0) is 30.2 Å². The van der Waals surface area contributed by atoms with Crippen molar-refractivity contribution in [1.82, 2.24) is 9.91 Å². The average molecular weight is 376 g/mol. The molecule has 0 aromatic heterocycles. The molecule has 0 N–H and O–H groups in total. The maximum absolute atomic E-state index is 6.65. The standard InChI is InChI=1S/C24H29N3O/c1-17(2)18-8-10-19(11-9-18)21-16-22-20-6-4-5-7-23(20)28-24(27(22)25-21)12-14-26(3)15-13-24/h4-11,17,22H,12-16H2,1-3H3. The minimum Gasteiger partial charge on any atom is -0.466 e. The van der Waals surface area contributed by atoms with E-state index in [0.717, 1.165) is 38.1 Å². The van der Waals surface area contributed by atoms with Crippen molar-refractivity contribution in [1.29, 1.82) is 0 Å². The van der Waals surface area contributed by atoms with Gasteiger partial charge >= 0.3 is 0 Å². The number of rotatable bonds is 2. The first kappa shape index (κ1) is 17.7. The predicted octanol–water partition coefficient (Wildman–Crippen LogP) is 4.78. The molecule has 1 saturated heterocycles. The van der Waals surface area contributed by atoms with E-state index in [1.807, 2.05) is 0 Å². The first-order chi connectivity index (χ1) is 13.6. The average Bonchev–Trinajstić information content (AvgIpc) is 3.17. The molecule has 2 aromatic rings. The minimum atomic E-state index is -0.314. The van der Waals surface area contributed by atoms with Crippen LogP contribution in [0, 0.1) is 0 Å². The smallest absolute Gasteiger partial charge is 0.200 e. The summed E-state index contributed by atoms with van der Waals surface area (Å²) in [6.45, 7) is 6.56. The van der Waals surface area contributed by atoms with Gasteiger partial charge < -0.3 is 9.64 Å². The molecule has 0 saturated carbocycles. The number of ether oxygens (including phenoxy) is 1. The van der Waals surface area contributed by atoms with Gasteiger partial charge in [0.05, 0.1) is 11.8 Å². The van der Waals surface area contributed by atoms with Crippen molar-refractivity contribution in [3.05, 3.63) is 65.2 Å². The normalized spacial score (nSPS) is 23.4. The third kappa shape index (κ3) is 2.82. The summed E-state index contributed by atoms with van der Waals surface area (Å²) in [5.74, 6) is 1.59. The van der Waals surface area contributed by atoms with Gasteiger partial charge in [0, 0.05) is 37.9 Å². The van der Waals surface area contributed by atoms with Gasteiger partial charge in [-0.1, -0.05) is 56.3 Å². The predicted molar refractivity (Wildman–Crippen MR) is 113 cm³/mol. The largest absolute Gasteiger partial charge is 0.466 e. The van der Waals surface area contributed by atoms with Crippen molar-refractivity contribution in [2.24, 2.45) is 5.10 Å². The van der Waals surface area contributed by atoms with Crippen LogP contribution in [-0.2, 0) is 0 Å². The number of hydrogen-bond donors (Lipinski definition) is 0. The molecule has 2 aromatic carbocycles. The summed E-state index contributed by atoms with van der Waals surface area (Å²) in [4.78, 5) is 2.38. The molecular formula is C24H29N3O. The van der Waals surface area contributed by atoms with Gasteiger partial charge in [0.2, 0.25) is 5.72 Å². The second-order valence-electron chi connectivity index (χ2n) is 8.78. The Kier molecular flexibility index (Phi) is 4.20. The Morgan fingerprint density at radius 3 is 2.46 bits per heavy atom. The molecule has 28 heavy (non-hydrogen) atoms. The van der Waals surface area contributed by atoms with E-state index in [4.69, 9.17) is 9.84 Å². The van der Waals surface area contributed by atoms with Crippen LogP contribution in [0.15, 0.2) is 53.6 Å². The SMILES string of the molecule is CC(C)c1ccc(C2=NN3C(C2)c2ccccc2OC32CCN(C)CC2)cc1. The summed E-state index contributed by atoms with van der Waals surface area (Å²) in [5, 5.41) is 7.46. The van der Waals surface area contributed by atoms with Gasteiger partial charge in [-0.2, -0.15) is 5.10 Å². The number of hydrogen-bond acceptors (Lipinski definition) is 4. The van der Waals surface area contributed by atoms with Crippen LogP contribution in [0.2, 0.25) is 0 Å². The van der Waals surface area contributed by atoms with Crippen molar-refractivity contribution < 1.29 is 4.74 Å². The van der Waals surface area contributed by atoms with Crippen LogP contribution in [0.25, 0.3) is 0 Å². The highest BCUT2D eigenvalue weighted by Gasteiger charge is 2.51. The molecule has 4 nitrogen and oxygen atoms in total. The van der Waals surface area contributed by atoms with E-state index < -0.39 is 0 Å². The molecule has 3 aliphatic rings. The highest BCUT2D eigenvalue weighted by atomic mass is 16.5. The highest BCUT2D eigenvalue weighted by Crippen LogP contribution is 2.49. The fraction of sp³-hybridized carbons (Fsp3) is 0.458. The third-order valence-electron chi connectivity index (χ3n) is 6.58. The van der Waals surface area contributed by atoms with E-state index in [0.29, 0.717) is 5.92 Å². The lowest BCUT2D eigenvalue weighted by atomic mass is 9.90. The van der Waals surface area contributed by atoms with E-state index in [1.54, 1.807) is 0 Å². The Morgan fingerprint density at radius 1 is 1.04 bits per heavy atom. The van der Waals surface area contributed by atoms with E-state index in [1.165, 1.54) is 22.4 Å². The molecule has 0 aliphatic carbocycles. The topological polar surface area (TPSA) is 28.1 Å². The maximum atomic E-state index is 6.65. The number of hydrazone groups is 1. The van der Waals surface area contributed by atoms with Gasteiger partial charge in [0.25, 0.3) is 0 Å². The Bertz CT molecular complexity index is 894. The van der Waals surface area contributed by atoms with Crippen LogP contribution in [-0.4, -0.2) is 41.5 Å². The van der Waals surface area contributed by atoms with E-state index in [-0.39, 0.29) is 11.8 Å². The maximum Gasteiger partial charge on any atom is 0.200 e. The molecule has 5 rings (SSSR count). The molecule has 4 heteroatoms. The summed E-state index contributed by atoms with van der Waals surface area (Å²) in [7, 11) is 2.19. The molecule has 1 unspecified atom stereocenters. The summed E-state index contributed by atoms with van der Waals surface area (Å²) >= 11 is 0. The summed E-state index contributed by atoms with van der Waals surface area (Å²) < 4.78 is 6.65. The molecule has 0 radical (unpaired) electrons. The van der Waals surface area contributed by atoms with Gasteiger partial charge in [0.1, 0.15) is 5.75 Å². The summed E-state index contributed by atoms with van der Waals surface area (Å²) in [6.07, 6.45) is 2.91. The van der Waals surface area contributed by atoms with Crippen LogP contribution in [0.4, 0.5) is 0 Å². The van der Waals surface area contributed by atoms with Crippen LogP contribution in [0.3, 0.4) is 0 Å². The lowest BCUT2D eigenvalue weighted by Crippen LogP contribution is -2.58. The van der Waals surface area contributed by atoms with Gasteiger partial charge in [-0.15, -0.1) is 0 Å². The quantitative estimate of drug-likeness (QED) is 0.756. The number of para-hydroxylation sites is 1. The Labute approximate surface area is 167 Å². The highest BCUT2D eigenvalue weighted by molar-refractivity contribution is 6.02. The molecular weight excluding hydrogens is 346 g/mol.